The molecular formula is C14H22ClN3O3. The number of nitrogens with two attached hydrogens (primary N) is 1. The van der Waals surface area contributed by atoms with Crippen LogP contribution in [0.5, 0.6) is 0 Å². The lowest BCUT2D eigenvalue weighted by molar-refractivity contribution is 0.0622. The summed E-state index contributed by atoms with van der Waals surface area (Å²) in [6.45, 7) is 8.60. The number of ether oxygens (including phenoxy) is 1. The number of halogens is 1. The van der Waals surface area contributed by atoms with E-state index in [0.29, 0.717) is 16.9 Å². The third-order valence-corrected chi connectivity index (χ3v) is 3.02. The zero-order chi connectivity index (χ0) is 16.4. The van der Waals surface area contributed by atoms with E-state index in [-0.39, 0.29) is 11.7 Å². The molecule has 1 atom stereocenters. The molecule has 1 rings (SSSR count). The number of aliphatic hydroxyl groups is 1. The number of anilines is 1. The SMILES string of the molecule is Cc1cc(C(C)(O)CN)nc(Cl)c1NC(=O)OC(C)(C)C. The average molecular weight is 316 g/mol. The maximum atomic E-state index is 11.8. The summed E-state index contributed by atoms with van der Waals surface area (Å²) in [5.41, 5.74) is 4.97. The number of nitrogens with zero attached hydrogens (tertiary/aromatic N) is 1. The van der Waals surface area contributed by atoms with Gasteiger partial charge in [-0.1, -0.05) is 11.6 Å². The van der Waals surface area contributed by atoms with Crippen molar-refractivity contribution in [2.24, 2.45) is 5.73 Å². The first-order chi connectivity index (χ1) is 9.46. The van der Waals surface area contributed by atoms with E-state index in [2.05, 4.69) is 10.3 Å². The Morgan fingerprint density at radius 1 is 1.48 bits per heavy atom. The van der Waals surface area contributed by atoms with Crippen LogP contribution < -0.4 is 11.1 Å². The second-order valence-corrected chi connectivity index (χ2v) is 6.45. The predicted molar refractivity (Wildman–Crippen MR) is 82.5 cm³/mol. The molecule has 1 amide bonds. The lowest BCUT2D eigenvalue weighted by Gasteiger charge is -2.23. The van der Waals surface area contributed by atoms with Gasteiger partial charge < -0.3 is 15.6 Å². The first-order valence-corrected chi connectivity index (χ1v) is 6.94. The van der Waals surface area contributed by atoms with Crippen molar-refractivity contribution in [2.45, 2.75) is 45.8 Å². The normalized spacial score (nSPS) is 14.5. The Morgan fingerprint density at radius 2 is 2.05 bits per heavy atom. The Labute approximate surface area is 129 Å². The van der Waals surface area contributed by atoms with Gasteiger partial charge in [0.05, 0.1) is 11.4 Å². The highest BCUT2D eigenvalue weighted by Crippen LogP contribution is 2.29. The predicted octanol–water partition coefficient (Wildman–Crippen LogP) is 2.56. The van der Waals surface area contributed by atoms with Crippen LogP contribution >= 0.6 is 11.6 Å². The molecule has 0 aliphatic heterocycles. The Bertz CT molecular complexity index is 516. The largest absolute Gasteiger partial charge is 0.444 e. The molecule has 1 unspecified atom stereocenters. The van der Waals surface area contributed by atoms with Gasteiger partial charge in [0.1, 0.15) is 11.2 Å². The van der Waals surface area contributed by atoms with E-state index in [1.807, 2.05) is 0 Å². The molecular weight excluding hydrogens is 294 g/mol. The highest BCUT2D eigenvalue weighted by atomic mass is 35.5. The summed E-state index contributed by atoms with van der Waals surface area (Å²) in [6, 6.07) is 1.63. The molecule has 0 saturated heterocycles. The van der Waals surface area contributed by atoms with E-state index in [1.165, 1.54) is 0 Å². The fourth-order valence-corrected chi connectivity index (χ4v) is 1.86. The molecule has 118 valence electrons. The number of aryl methyl sites for hydroxylation is 1. The highest BCUT2D eigenvalue weighted by Gasteiger charge is 2.25. The summed E-state index contributed by atoms with van der Waals surface area (Å²) in [7, 11) is 0. The van der Waals surface area contributed by atoms with Gasteiger partial charge in [0.25, 0.3) is 0 Å². The van der Waals surface area contributed by atoms with Gasteiger partial charge >= 0.3 is 6.09 Å². The monoisotopic (exact) mass is 315 g/mol. The summed E-state index contributed by atoms with van der Waals surface area (Å²) in [6.07, 6.45) is -0.618. The van der Waals surface area contributed by atoms with Gasteiger partial charge in [-0.05, 0) is 46.2 Å². The maximum absolute atomic E-state index is 11.8. The topological polar surface area (TPSA) is 97.5 Å². The van der Waals surface area contributed by atoms with Crippen molar-refractivity contribution in [1.29, 1.82) is 0 Å². The van der Waals surface area contributed by atoms with Gasteiger partial charge in [-0.3, -0.25) is 5.32 Å². The van der Waals surface area contributed by atoms with Crippen molar-refractivity contribution < 1.29 is 14.6 Å². The molecule has 7 heteroatoms. The van der Waals surface area contributed by atoms with Crippen LogP contribution in [0.3, 0.4) is 0 Å². The number of pyridine rings is 1. The van der Waals surface area contributed by atoms with Crippen molar-refractivity contribution in [3.8, 4) is 0 Å². The van der Waals surface area contributed by atoms with E-state index in [4.69, 9.17) is 22.1 Å². The summed E-state index contributed by atoms with van der Waals surface area (Å²) in [5.74, 6) is 0. The van der Waals surface area contributed by atoms with Gasteiger partial charge in [-0.25, -0.2) is 9.78 Å². The Hall–Kier alpha value is -1.37. The van der Waals surface area contributed by atoms with Crippen LogP contribution in [0, 0.1) is 6.92 Å². The van der Waals surface area contributed by atoms with Gasteiger partial charge in [0.2, 0.25) is 0 Å². The van der Waals surface area contributed by atoms with Gasteiger partial charge in [0.15, 0.2) is 5.15 Å². The van der Waals surface area contributed by atoms with Crippen LogP contribution in [0.15, 0.2) is 6.07 Å². The molecule has 0 fully saturated rings. The van der Waals surface area contributed by atoms with Crippen LogP contribution in [0.1, 0.15) is 39.0 Å². The number of rotatable bonds is 3. The number of carbonyl (C=O) groups excluding carboxylic acids is 1. The van der Waals surface area contributed by atoms with E-state index in [0.717, 1.165) is 0 Å². The Morgan fingerprint density at radius 3 is 2.48 bits per heavy atom. The molecule has 0 aromatic carbocycles. The zero-order valence-corrected chi connectivity index (χ0v) is 13.7. The third kappa shape index (κ3) is 4.84. The lowest BCUT2D eigenvalue weighted by Crippen LogP contribution is -2.32. The highest BCUT2D eigenvalue weighted by molar-refractivity contribution is 6.32. The van der Waals surface area contributed by atoms with Crippen LogP contribution in [0.2, 0.25) is 5.15 Å². The van der Waals surface area contributed by atoms with Crippen LogP contribution in [0.4, 0.5) is 10.5 Å². The van der Waals surface area contributed by atoms with Gasteiger partial charge in [-0.15, -0.1) is 0 Å². The Balaban J connectivity index is 3.04. The fraction of sp³-hybridized carbons (Fsp3) is 0.571. The van der Waals surface area contributed by atoms with Crippen molar-refractivity contribution >= 4 is 23.4 Å². The number of aromatic nitrogens is 1. The molecule has 0 radical (unpaired) electrons. The third-order valence-electron chi connectivity index (χ3n) is 2.75. The van der Waals surface area contributed by atoms with E-state index in [9.17, 15) is 9.90 Å². The summed E-state index contributed by atoms with van der Waals surface area (Å²) >= 11 is 6.08. The molecule has 6 nitrogen and oxygen atoms in total. The van der Waals surface area contributed by atoms with E-state index < -0.39 is 17.3 Å². The fourth-order valence-electron chi connectivity index (χ4n) is 1.57. The molecule has 0 spiro atoms. The maximum Gasteiger partial charge on any atom is 0.412 e. The summed E-state index contributed by atoms with van der Waals surface area (Å²) in [4.78, 5) is 15.9. The first kappa shape index (κ1) is 17.7. The second-order valence-electron chi connectivity index (χ2n) is 6.10. The number of hydrogen-bond acceptors (Lipinski definition) is 5. The molecule has 0 aliphatic rings. The van der Waals surface area contributed by atoms with E-state index in [1.54, 1.807) is 40.7 Å². The van der Waals surface area contributed by atoms with Gasteiger partial charge in [-0.2, -0.15) is 0 Å². The number of amides is 1. The molecule has 0 bridgehead atoms. The number of nitrogens with one attached hydrogen (secondary N) is 1. The van der Waals surface area contributed by atoms with Gasteiger partial charge in [0, 0.05) is 6.54 Å². The minimum atomic E-state index is -1.28. The zero-order valence-electron chi connectivity index (χ0n) is 13.0. The van der Waals surface area contributed by atoms with E-state index >= 15 is 0 Å². The quantitative estimate of drug-likeness (QED) is 0.745. The molecule has 21 heavy (non-hydrogen) atoms. The second kappa shape index (κ2) is 6.17. The molecule has 0 aliphatic carbocycles. The standard InChI is InChI=1S/C14H22ClN3O3/c1-8-6-9(14(5,20)7-16)17-11(15)10(8)18-12(19)21-13(2,3)4/h6,20H,7,16H2,1-5H3,(H,18,19). The van der Waals surface area contributed by atoms with Crippen molar-refractivity contribution in [2.75, 3.05) is 11.9 Å². The molecule has 1 heterocycles. The minimum absolute atomic E-state index is 0.00854. The van der Waals surface area contributed by atoms with Crippen LogP contribution in [-0.4, -0.2) is 28.3 Å². The lowest BCUT2D eigenvalue weighted by atomic mass is 10.0. The number of hydrogen-bond donors (Lipinski definition) is 3. The molecule has 1 aromatic rings. The molecule has 0 saturated carbocycles. The molecule has 4 N–H and O–H groups in total. The summed E-state index contributed by atoms with van der Waals surface area (Å²) < 4.78 is 5.16. The van der Waals surface area contributed by atoms with Crippen LogP contribution in [0.25, 0.3) is 0 Å². The summed E-state index contributed by atoms with van der Waals surface area (Å²) in [5, 5.41) is 12.7. The van der Waals surface area contributed by atoms with Crippen molar-refractivity contribution in [1.82, 2.24) is 4.98 Å². The Kier molecular flexibility index (Phi) is 5.20. The van der Waals surface area contributed by atoms with Crippen molar-refractivity contribution in [3.63, 3.8) is 0 Å². The van der Waals surface area contributed by atoms with Crippen molar-refractivity contribution in [3.05, 3.63) is 22.5 Å². The first-order valence-electron chi connectivity index (χ1n) is 6.56. The smallest absolute Gasteiger partial charge is 0.412 e. The number of carbonyl (C=O) groups is 1. The minimum Gasteiger partial charge on any atom is -0.444 e. The molecule has 1 aromatic heterocycles. The van der Waals surface area contributed by atoms with Crippen LogP contribution in [-0.2, 0) is 10.3 Å². The average Bonchev–Trinajstić information content (AvgIpc) is 2.31.